The molecule has 7 nitrogen and oxygen atoms in total. The predicted octanol–water partition coefficient (Wildman–Crippen LogP) is 2.59. The molecule has 1 saturated heterocycles. The van der Waals surface area contributed by atoms with Crippen molar-refractivity contribution in [2.45, 2.75) is 6.29 Å². The smallest absolute Gasteiger partial charge is 0.319 e. The van der Waals surface area contributed by atoms with E-state index in [1.165, 1.54) is 14.2 Å². The van der Waals surface area contributed by atoms with Crippen molar-refractivity contribution in [2.24, 2.45) is 0 Å². The molecule has 1 aliphatic rings. The molecule has 0 unspecified atom stereocenters. The molecule has 3 rings (SSSR count). The Hall–Kier alpha value is -1.26. The highest BCUT2D eigenvalue weighted by Crippen LogP contribution is 2.36. The van der Waals surface area contributed by atoms with Crippen LogP contribution in [0.25, 0.3) is 10.9 Å². The summed E-state index contributed by atoms with van der Waals surface area (Å²) in [5, 5.41) is 4.09. The Morgan fingerprint density at radius 2 is 2.00 bits per heavy atom. The molecular formula is C16H19BrClFN4O3. The summed E-state index contributed by atoms with van der Waals surface area (Å²) >= 11 is 9.30. The third kappa shape index (κ3) is 4.01. The summed E-state index contributed by atoms with van der Waals surface area (Å²) in [7, 11) is 3.01. The molecule has 0 bridgehead atoms. The fourth-order valence-electron chi connectivity index (χ4n) is 2.69. The summed E-state index contributed by atoms with van der Waals surface area (Å²) < 4.78 is 30.7. The van der Waals surface area contributed by atoms with Crippen molar-refractivity contribution >= 4 is 44.3 Å². The van der Waals surface area contributed by atoms with Crippen molar-refractivity contribution in [1.82, 2.24) is 15.3 Å². The van der Waals surface area contributed by atoms with E-state index >= 15 is 0 Å². The van der Waals surface area contributed by atoms with Gasteiger partial charge < -0.3 is 24.4 Å². The number of piperazine rings is 1. The lowest BCUT2D eigenvalue weighted by Gasteiger charge is -2.29. The average Bonchev–Trinajstić information content (AvgIpc) is 2.67. The topological polar surface area (TPSA) is 68.7 Å². The van der Waals surface area contributed by atoms with Crippen LogP contribution < -0.4 is 15.0 Å². The van der Waals surface area contributed by atoms with Crippen LogP contribution >= 0.6 is 27.5 Å². The second-order valence-electron chi connectivity index (χ2n) is 5.66. The van der Waals surface area contributed by atoms with Crippen LogP contribution in [0.5, 0.6) is 6.01 Å². The van der Waals surface area contributed by atoms with E-state index in [1.807, 2.05) is 0 Å². The average molecular weight is 450 g/mol. The maximum Gasteiger partial charge on any atom is 0.319 e. The standard InChI is InChI=1S/C16H19BrClFN4O3/c1-24-11(25-2)8-26-16-21-14-9(7-10(18)12(17)13(14)19)15(22-16)23-5-3-20-4-6-23/h7,11,20H,3-6,8H2,1-2H3. The van der Waals surface area contributed by atoms with Crippen LogP contribution in [0, 0.1) is 5.82 Å². The number of aromatic nitrogens is 2. The molecule has 1 aromatic carbocycles. The van der Waals surface area contributed by atoms with Gasteiger partial charge in [-0.3, -0.25) is 0 Å². The first-order valence-electron chi connectivity index (χ1n) is 8.04. The zero-order valence-corrected chi connectivity index (χ0v) is 16.7. The molecule has 0 saturated carbocycles. The second-order valence-corrected chi connectivity index (χ2v) is 6.86. The number of rotatable bonds is 6. The first kappa shape index (κ1) is 19.5. The molecule has 1 aliphatic heterocycles. The number of hydrogen-bond acceptors (Lipinski definition) is 7. The van der Waals surface area contributed by atoms with Gasteiger partial charge in [0.2, 0.25) is 0 Å². The van der Waals surface area contributed by atoms with Gasteiger partial charge in [0.15, 0.2) is 12.1 Å². The Balaban J connectivity index is 2.06. The van der Waals surface area contributed by atoms with Crippen LogP contribution in [0.4, 0.5) is 10.2 Å². The lowest BCUT2D eigenvalue weighted by Crippen LogP contribution is -2.44. The number of hydrogen-bond donors (Lipinski definition) is 1. The molecule has 0 aliphatic carbocycles. The SMILES string of the molecule is COC(COc1nc(N2CCNCC2)c2cc(Cl)c(Br)c(F)c2n1)OC. The number of fused-ring (bicyclic) bond motifs is 1. The highest BCUT2D eigenvalue weighted by atomic mass is 79.9. The molecule has 1 N–H and O–H groups in total. The van der Waals surface area contributed by atoms with Gasteiger partial charge in [-0.05, 0) is 22.0 Å². The lowest BCUT2D eigenvalue weighted by atomic mass is 10.2. The Labute approximate surface area is 163 Å². The maximum absolute atomic E-state index is 14.8. The summed E-state index contributed by atoms with van der Waals surface area (Å²) in [5.74, 6) is 0.0392. The summed E-state index contributed by atoms with van der Waals surface area (Å²) in [6.45, 7) is 3.17. The minimum absolute atomic E-state index is 0.0539. The molecule has 10 heteroatoms. The Kier molecular flexibility index (Phi) is 6.46. The molecule has 1 fully saturated rings. The van der Waals surface area contributed by atoms with E-state index in [9.17, 15) is 4.39 Å². The van der Waals surface area contributed by atoms with Crippen molar-refractivity contribution in [3.8, 4) is 6.01 Å². The number of halogens is 3. The van der Waals surface area contributed by atoms with Gasteiger partial charge >= 0.3 is 6.01 Å². The van der Waals surface area contributed by atoms with E-state index in [2.05, 4.69) is 36.1 Å². The van der Waals surface area contributed by atoms with Crippen molar-refractivity contribution in [3.05, 3.63) is 21.4 Å². The van der Waals surface area contributed by atoms with E-state index in [-0.39, 0.29) is 27.6 Å². The Bertz CT molecular complexity index is 788. The molecular weight excluding hydrogens is 431 g/mol. The number of nitrogens with zero attached hydrogens (tertiary/aromatic N) is 3. The highest BCUT2D eigenvalue weighted by Gasteiger charge is 2.22. The van der Waals surface area contributed by atoms with Crippen LogP contribution in [0.1, 0.15) is 0 Å². The highest BCUT2D eigenvalue weighted by molar-refractivity contribution is 9.10. The van der Waals surface area contributed by atoms with Crippen LogP contribution in [0.2, 0.25) is 5.02 Å². The van der Waals surface area contributed by atoms with E-state index in [0.29, 0.717) is 11.2 Å². The van der Waals surface area contributed by atoms with Crippen molar-refractivity contribution < 1.29 is 18.6 Å². The molecule has 1 aromatic heterocycles. The van der Waals surface area contributed by atoms with Gasteiger partial charge in [0.1, 0.15) is 17.9 Å². The minimum atomic E-state index is -0.571. The largest absolute Gasteiger partial charge is 0.458 e. The number of nitrogens with one attached hydrogen (secondary N) is 1. The second kappa shape index (κ2) is 8.62. The fourth-order valence-corrected chi connectivity index (χ4v) is 3.19. The number of ether oxygens (including phenoxy) is 3. The van der Waals surface area contributed by atoms with Gasteiger partial charge in [0.25, 0.3) is 0 Å². The van der Waals surface area contributed by atoms with Gasteiger partial charge in [-0.15, -0.1) is 0 Å². The van der Waals surface area contributed by atoms with Gasteiger partial charge in [-0.1, -0.05) is 11.6 Å². The molecule has 2 aromatic rings. The van der Waals surface area contributed by atoms with Gasteiger partial charge in [-0.25, -0.2) is 4.39 Å². The van der Waals surface area contributed by atoms with Crippen molar-refractivity contribution in [3.63, 3.8) is 0 Å². The molecule has 0 spiro atoms. The van der Waals surface area contributed by atoms with Crippen LogP contribution in [-0.2, 0) is 9.47 Å². The summed E-state index contributed by atoms with van der Waals surface area (Å²) in [6.07, 6.45) is -0.571. The normalized spacial score (nSPS) is 15.1. The van der Waals surface area contributed by atoms with Gasteiger partial charge in [0.05, 0.1) is 9.50 Å². The third-order valence-corrected chi connectivity index (χ3v) is 5.38. The van der Waals surface area contributed by atoms with Gasteiger partial charge in [0, 0.05) is 45.8 Å². The molecule has 0 atom stereocenters. The van der Waals surface area contributed by atoms with Crippen LogP contribution in [0.15, 0.2) is 10.5 Å². The van der Waals surface area contributed by atoms with E-state index in [1.54, 1.807) is 6.07 Å². The third-order valence-electron chi connectivity index (χ3n) is 4.08. The maximum atomic E-state index is 14.8. The molecule has 2 heterocycles. The van der Waals surface area contributed by atoms with Crippen molar-refractivity contribution in [2.75, 3.05) is 51.9 Å². The first-order chi connectivity index (χ1) is 12.5. The van der Waals surface area contributed by atoms with Crippen molar-refractivity contribution in [1.29, 1.82) is 0 Å². The molecule has 26 heavy (non-hydrogen) atoms. The first-order valence-corrected chi connectivity index (χ1v) is 9.21. The monoisotopic (exact) mass is 448 g/mol. The summed E-state index contributed by atoms with van der Waals surface area (Å²) in [6, 6.07) is 1.72. The molecule has 0 radical (unpaired) electrons. The lowest BCUT2D eigenvalue weighted by molar-refractivity contribution is -0.123. The fraction of sp³-hybridized carbons (Fsp3) is 0.500. The Morgan fingerprint density at radius 3 is 2.65 bits per heavy atom. The van der Waals surface area contributed by atoms with E-state index < -0.39 is 12.1 Å². The zero-order valence-electron chi connectivity index (χ0n) is 14.4. The number of methoxy groups -OCH3 is 2. The minimum Gasteiger partial charge on any atom is -0.458 e. The van der Waals surface area contributed by atoms with Gasteiger partial charge in [-0.2, -0.15) is 9.97 Å². The van der Waals surface area contributed by atoms with Crippen LogP contribution in [-0.4, -0.2) is 63.3 Å². The van der Waals surface area contributed by atoms with Crippen LogP contribution in [0.3, 0.4) is 0 Å². The Morgan fingerprint density at radius 1 is 1.31 bits per heavy atom. The predicted molar refractivity (Wildman–Crippen MR) is 101 cm³/mol. The number of benzene rings is 1. The zero-order chi connectivity index (χ0) is 18.7. The summed E-state index contributed by atoms with van der Waals surface area (Å²) in [5.41, 5.74) is 0.145. The quantitative estimate of drug-likeness (QED) is 0.537. The number of anilines is 1. The summed E-state index contributed by atoms with van der Waals surface area (Å²) in [4.78, 5) is 10.8. The molecule has 142 valence electrons. The van der Waals surface area contributed by atoms with E-state index in [4.69, 9.17) is 25.8 Å². The molecule has 0 amide bonds. The van der Waals surface area contributed by atoms with E-state index in [0.717, 1.165) is 26.2 Å².